The Morgan fingerprint density at radius 2 is 2.29 bits per heavy atom. The van der Waals surface area contributed by atoms with Crippen molar-refractivity contribution < 1.29 is 19.1 Å². The summed E-state index contributed by atoms with van der Waals surface area (Å²) >= 11 is 0. The van der Waals surface area contributed by atoms with Crippen LogP contribution in [0.4, 0.5) is 0 Å². The molecule has 0 saturated carbocycles. The molecule has 94 valence electrons. The third kappa shape index (κ3) is 3.78. The molecule has 1 fully saturated rings. The Morgan fingerprint density at radius 3 is 2.88 bits per heavy atom. The molecule has 1 aliphatic heterocycles. The molecule has 0 aromatic carbocycles. The summed E-state index contributed by atoms with van der Waals surface area (Å²) in [5.74, 6) is -1.02. The fraction of sp³-hybridized carbons (Fsp3) is 0.583. The normalized spacial score (nSPS) is 20.2. The van der Waals surface area contributed by atoms with Gasteiger partial charge in [0.1, 0.15) is 11.9 Å². The minimum absolute atomic E-state index is 0.222. The Bertz CT molecular complexity index is 337. The molecule has 0 aromatic heterocycles. The molecule has 2 amide bonds. The van der Waals surface area contributed by atoms with Gasteiger partial charge in [0.25, 0.3) is 5.91 Å². The number of ketones is 1. The van der Waals surface area contributed by atoms with Crippen molar-refractivity contribution in [2.45, 2.75) is 32.3 Å². The minimum atomic E-state index is -0.586. The van der Waals surface area contributed by atoms with Gasteiger partial charge in [-0.25, -0.2) is 0 Å². The van der Waals surface area contributed by atoms with Crippen LogP contribution in [0.5, 0.6) is 0 Å². The molecule has 0 radical (unpaired) electrons. The first-order chi connectivity index (χ1) is 8.06. The molecule has 1 atom stereocenters. The first-order valence-electron chi connectivity index (χ1n) is 5.62. The number of Topliss-reactive ketones (excluding diaryl/α,β-unsaturated/α-hetero) is 1. The van der Waals surface area contributed by atoms with E-state index in [-0.39, 0.29) is 24.7 Å². The Labute approximate surface area is 100 Å². The molecule has 0 bridgehead atoms. The van der Waals surface area contributed by atoms with Crippen LogP contribution in [-0.4, -0.2) is 41.8 Å². The molecule has 1 aliphatic rings. The number of nitrogens with zero attached hydrogens (tertiary/aromatic N) is 1. The largest absolute Gasteiger partial charge is 0.364 e. The van der Waals surface area contributed by atoms with Crippen molar-refractivity contribution in [3.05, 3.63) is 12.7 Å². The highest BCUT2D eigenvalue weighted by Crippen LogP contribution is 2.16. The highest BCUT2D eigenvalue weighted by atomic mass is 16.5. The molecule has 0 aromatic rings. The molecule has 1 heterocycles. The predicted octanol–water partition coefficient (Wildman–Crippen LogP) is 0.686. The Hall–Kier alpha value is -1.49. The van der Waals surface area contributed by atoms with E-state index in [1.165, 1.54) is 6.92 Å². The summed E-state index contributed by atoms with van der Waals surface area (Å²) in [5, 5.41) is 0. The number of hydrogen-bond donors (Lipinski definition) is 0. The summed E-state index contributed by atoms with van der Waals surface area (Å²) in [5.41, 5.74) is 0. The molecule has 5 heteroatoms. The van der Waals surface area contributed by atoms with Gasteiger partial charge in [-0.15, -0.1) is 6.58 Å². The van der Waals surface area contributed by atoms with Gasteiger partial charge in [0.15, 0.2) is 0 Å². The number of likely N-dealkylation sites (tertiary alicyclic amines) is 1. The number of rotatable bonds is 5. The zero-order valence-electron chi connectivity index (χ0n) is 9.98. The second-order valence-electron chi connectivity index (χ2n) is 4.02. The van der Waals surface area contributed by atoms with Gasteiger partial charge >= 0.3 is 0 Å². The van der Waals surface area contributed by atoms with E-state index in [0.717, 1.165) is 4.90 Å². The lowest BCUT2D eigenvalue weighted by Gasteiger charge is -2.30. The minimum Gasteiger partial charge on any atom is -0.364 e. The Morgan fingerprint density at radius 1 is 1.59 bits per heavy atom. The monoisotopic (exact) mass is 239 g/mol. The average molecular weight is 239 g/mol. The summed E-state index contributed by atoms with van der Waals surface area (Å²) in [6.07, 6.45) is 2.06. The van der Waals surface area contributed by atoms with Crippen molar-refractivity contribution in [2.75, 3.05) is 13.2 Å². The summed E-state index contributed by atoms with van der Waals surface area (Å²) in [6.45, 7) is 5.49. The quantitative estimate of drug-likeness (QED) is 0.523. The zero-order valence-corrected chi connectivity index (χ0v) is 9.98. The summed E-state index contributed by atoms with van der Waals surface area (Å²) in [7, 11) is 0. The van der Waals surface area contributed by atoms with Crippen molar-refractivity contribution in [3.8, 4) is 0 Å². The summed E-state index contributed by atoms with van der Waals surface area (Å²) in [6, 6.07) is 0. The maximum Gasteiger partial charge on any atom is 0.258 e. The van der Waals surface area contributed by atoms with E-state index >= 15 is 0 Å². The predicted molar refractivity (Wildman–Crippen MR) is 61.2 cm³/mol. The molecular formula is C12H17NO4. The van der Waals surface area contributed by atoms with Crippen LogP contribution in [0.3, 0.4) is 0 Å². The van der Waals surface area contributed by atoms with Crippen molar-refractivity contribution in [1.82, 2.24) is 4.90 Å². The van der Waals surface area contributed by atoms with E-state index in [4.69, 9.17) is 4.74 Å². The van der Waals surface area contributed by atoms with Crippen LogP contribution in [0.25, 0.3) is 0 Å². The number of carbonyl (C=O) groups excluding carboxylic acids is 3. The third-order valence-electron chi connectivity index (χ3n) is 2.51. The fourth-order valence-corrected chi connectivity index (χ4v) is 1.74. The maximum absolute atomic E-state index is 11.9. The van der Waals surface area contributed by atoms with Crippen molar-refractivity contribution in [3.63, 3.8) is 0 Å². The lowest BCUT2D eigenvalue weighted by molar-refractivity contribution is -0.156. The van der Waals surface area contributed by atoms with Gasteiger partial charge in [-0.3, -0.25) is 19.3 Å². The van der Waals surface area contributed by atoms with Gasteiger partial charge in [0.2, 0.25) is 5.91 Å². The number of imide groups is 1. The highest BCUT2D eigenvalue weighted by Gasteiger charge is 2.33. The first-order valence-corrected chi connectivity index (χ1v) is 5.62. The summed E-state index contributed by atoms with van der Waals surface area (Å²) < 4.78 is 5.28. The smallest absolute Gasteiger partial charge is 0.258 e. The van der Waals surface area contributed by atoms with Gasteiger partial charge in [-0.05, 0) is 19.8 Å². The van der Waals surface area contributed by atoms with Crippen molar-refractivity contribution >= 4 is 17.6 Å². The second-order valence-corrected chi connectivity index (χ2v) is 4.02. The fourth-order valence-electron chi connectivity index (χ4n) is 1.74. The Balaban J connectivity index is 2.61. The Kier molecular flexibility index (Phi) is 5.03. The molecule has 1 rings (SSSR count). The van der Waals surface area contributed by atoms with Crippen LogP contribution in [0.2, 0.25) is 0 Å². The number of piperidine rings is 1. The summed E-state index contributed by atoms with van der Waals surface area (Å²) in [4.78, 5) is 35.5. The molecular weight excluding hydrogens is 222 g/mol. The third-order valence-corrected chi connectivity index (χ3v) is 2.51. The molecule has 5 nitrogen and oxygen atoms in total. The van der Waals surface area contributed by atoms with E-state index in [1.807, 2.05) is 0 Å². The second kappa shape index (κ2) is 6.30. The molecule has 1 saturated heterocycles. The van der Waals surface area contributed by atoms with Crippen molar-refractivity contribution in [1.29, 1.82) is 0 Å². The van der Waals surface area contributed by atoms with E-state index in [0.29, 0.717) is 19.4 Å². The van der Waals surface area contributed by atoms with Crippen LogP contribution >= 0.6 is 0 Å². The van der Waals surface area contributed by atoms with E-state index in [2.05, 4.69) is 6.58 Å². The lowest BCUT2D eigenvalue weighted by atomic mass is 10.1. The zero-order chi connectivity index (χ0) is 12.8. The average Bonchev–Trinajstić information content (AvgIpc) is 2.26. The van der Waals surface area contributed by atoms with Crippen LogP contribution in [0.1, 0.15) is 26.2 Å². The van der Waals surface area contributed by atoms with E-state index < -0.39 is 12.0 Å². The standard InChI is InChI=1S/C12H17NO4/c1-3-7-17-10-5-4-6-13(12(10)16)11(15)8-9(2)14/h3,10H,1,4-8H2,2H3. The molecule has 1 unspecified atom stereocenters. The van der Waals surface area contributed by atoms with Gasteiger partial charge in [0.05, 0.1) is 13.0 Å². The van der Waals surface area contributed by atoms with Crippen LogP contribution in [-0.2, 0) is 19.1 Å². The topological polar surface area (TPSA) is 63.7 Å². The maximum atomic E-state index is 11.9. The van der Waals surface area contributed by atoms with Gasteiger partial charge in [-0.1, -0.05) is 6.08 Å². The van der Waals surface area contributed by atoms with E-state index in [1.54, 1.807) is 6.08 Å². The van der Waals surface area contributed by atoms with Crippen LogP contribution in [0, 0.1) is 0 Å². The molecule has 0 aliphatic carbocycles. The first kappa shape index (κ1) is 13.6. The van der Waals surface area contributed by atoms with Crippen LogP contribution in [0.15, 0.2) is 12.7 Å². The lowest BCUT2D eigenvalue weighted by Crippen LogP contribution is -2.48. The molecule has 0 spiro atoms. The van der Waals surface area contributed by atoms with Crippen molar-refractivity contribution in [2.24, 2.45) is 0 Å². The van der Waals surface area contributed by atoms with Gasteiger partial charge < -0.3 is 4.74 Å². The molecule has 17 heavy (non-hydrogen) atoms. The SMILES string of the molecule is C=CCOC1CCCN(C(=O)CC(C)=O)C1=O. The highest BCUT2D eigenvalue weighted by molar-refractivity contribution is 6.05. The molecule has 0 N–H and O–H groups in total. The van der Waals surface area contributed by atoms with Crippen LogP contribution < -0.4 is 0 Å². The van der Waals surface area contributed by atoms with Gasteiger partial charge in [-0.2, -0.15) is 0 Å². The van der Waals surface area contributed by atoms with Gasteiger partial charge in [0, 0.05) is 6.54 Å². The number of ether oxygens (including phenoxy) is 1. The number of hydrogen-bond acceptors (Lipinski definition) is 4. The number of amides is 2. The van der Waals surface area contributed by atoms with E-state index in [9.17, 15) is 14.4 Å². The number of carbonyl (C=O) groups is 3.